The van der Waals surface area contributed by atoms with Crippen LogP contribution in [0.4, 0.5) is 4.79 Å². The Morgan fingerprint density at radius 1 is 1.26 bits per heavy atom. The highest BCUT2D eigenvalue weighted by molar-refractivity contribution is 5.96. The molecule has 0 saturated carbocycles. The maximum absolute atomic E-state index is 12.1. The van der Waals surface area contributed by atoms with Gasteiger partial charge in [0.2, 0.25) is 0 Å². The van der Waals surface area contributed by atoms with Gasteiger partial charge in [-0.05, 0) is 40.2 Å². The molecule has 0 radical (unpaired) electrons. The summed E-state index contributed by atoms with van der Waals surface area (Å²) in [5, 5.41) is 11.4. The Bertz CT molecular complexity index is 589. The molecule has 0 fully saturated rings. The number of carbonyl (C=O) groups is 3. The second-order valence-corrected chi connectivity index (χ2v) is 6.37. The molecule has 1 rings (SSSR count). The summed E-state index contributed by atoms with van der Waals surface area (Å²) in [6.45, 7) is 6.93. The minimum Gasteiger partial charge on any atom is -0.480 e. The molecule has 0 aromatic heterocycles. The zero-order valence-electron chi connectivity index (χ0n) is 13.9. The molecule has 0 aliphatic heterocycles. The van der Waals surface area contributed by atoms with Crippen molar-refractivity contribution in [2.24, 2.45) is 0 Å². The van der Waals surface area contributed by atoms with Gasteiger partial charge in [0.15, 0.2) is 5.78 Å². The first-order valence-electron chi connectivity index (χ1n) is 7.40. The number of benzene rings is 1. The van der Waals surface area contributed by atoms with E-state index in [9.17, 15) is 14.4 Å². The summed E-state index contributed by atoms with van der Waals surface area (Å²) in [5.74, 6) is -1.36. The summed E-state index contributed by atoms with van der Waals surface area (Å²) < 4.78 is 5.03. The van der Waals surface area contributed by atoms with Gasteiger partial charge in [-0.1, -0.05) is 23.8 Å². The van der Waals surface area contributed by atoms with Gasteiger partial charge in [-0.25, -0.2) is 9.59 Å². The van der Waals surface area contributed by atoms with Crippen molar-refractivity contribution in [3.8, 4) is 0 Å². The minimum absolute atomic E-state index is 0.00134. The van der Waals surface area contributed by atoms with E-state index in [1.165, 1.54) is 0 Å². The van der Waals surface area contributed by atoms with Crippen molar-refractivity contribution in [2.75, 3.05) is 0 Å². The molecule has 1 atom stereocenters. The van der Waals surface area contributed by atoms with Crippen molar-refractivity contribution >= 4 is 17.8 Å². The van der Waals surface area contributed by atoms with Crippen LogP contribution in [0.25, 0.3) is 0 Å². The average Bonchev–Trinajstić information content (AvgIpc) is 2.40. The summed E-state index contributed by atoms with van der Waals surface area (Å²) in [5.41, 5.74) is 0.772. The Kier molecular flexibility index (Phi) is 6.30. The Morgan fingerprint density at radius 2 is 1.91 bits per heavy atom. The second kappa shape index (κ2) is 7.76. The van der Waals surface area contributed by atoms with Gasteiger partial charge in [-0.15, -0.1) is 0 Å². The largest absolute Gasteiger partial charge is 0.480 e. The molecule has 2 N–H and O–H groups in total. The van der Waals surface area contributed by atoms with E-state index in [0.29, 0.717) is 5.56 Å². The van der Waals surface area contributed by atoms with E-state index in [0.717, 1.165) is 5.56 Å². The predicted octanol–water partition coefficient (Wildman–Crippen LogP) is 2.94. The van der Waals surface area contributed by atoms with Crippen LogP contribution < -0.4 is 5.32 Å². The Labute approximate surface area is 135 Å². The Hall–Kier alpha value is -2.37. The van der Waals surface area contributed by atoms with Gasteiger partial charge >= 0.3 is 12.1 Å². The lowest BCUT2D eigenvalue weighted by molar-refractivity contribution is -0.139. The monoisotopic (exact) mass is 321 g/mol. The molecule has 0 spiro atoms. The molecule has 0 bridgehead atoms. The zero-order chi connectivity index (χ0) is 17.6. The number of carboxylic acids is 1. The molecule has 1 aromatic carbocycles. The molecule has 1 amide bonds. The molecule has 6 heteroatoms. The van der Waals surface area contributed by atoms with Crippen LogP contribution in [0.15, 0.2) is 24.3 Å². The number of rotatable bonds is 6. The number of Topliss-reactive ketones (excluding diaryl/α,β-unsaturated/α-hetero) is 1. The van der Waals surface area contributed by atoms with E-state index in [1.807, 2.05) is 13.0 Å². The molecule has 0 heterocycles. The first-order valence-corrected chi connectivity index (χ1v) is 7.40. The number of alkyl carbamates (subject to hydrolysis) is 1. The predicted molar refractivity (Wildman–Crippen MR) is 85.5 cm³/mol. The van der Waals surface area contributed by atoms with Gasteiger partial charge < -0.3 is 15.2 Å². The fourth-order valence-electron chi connectivity index (χ4n) is 1.95. The summed E-state index contributed by atoms with van der Waals surface area (Å²) in [6.07, 6.45) is -0.787. The van der Waals surface area contributed by atoms with Crippen LogP contribution >= 0.6 is 0 Å². The van der Waals surface area contributed by atoms with Gasteiger partial charge in [-0.2, -0.15) is 0 Å². The maximum atomic E-state index is 12.1. The van der Waals surface area contributed by atoms with Gasteiger partial charge in [0.25, 0.3) is 0 Å². The van der Waals surface area contributed by atoms with E-state index in [-0.39, 0.29) is 18.6 Å². The first kappa shape index (κ1) is 18.7. The van der Waals surface area contributed by atoms with Gasteiger partial charge in [-0.3, -0.25) is 4.79 Å². The maximum Gasteiger partial charge on any atom is 0.408 e. The normalized spacial score (nSPS) is 12.3. The number of hydrogen-bond donors (Lipinski definition) is 2. The first-order chi connectivity index (χ1) is 10.6. The van der Waals surface area contributed by atoms with Gasteiger partial charge in [0, 0.05) is 12.0 Å². The highest BCUT2D eigenvalue weighted by Crippen LogP contribution is 2.11. The van der Waals surface area contributed by atoms with Crippen LogP contribution in [0, 0.1) is 6.92 Å². The van der Waals surface area contributed by atoms with Crippen molar-refractivity contribution in [1.82, 2.24) is 5.32 Å². The molecule has 1 unspecified atom stereocenters. The number of nitrogens with one attached hydrogen (secondary N) is 1. The fourth-order valence-corrected chi connectivity index (χ4v) is 1.95. The Morgan fingerprint density at radius 3 is 2.43 bits per heavy atom. The lowest BCUT2D eigenvalue weighted by atomic mass is 10.0. The number of aliphatic carboxylic acids is 1. The third-order valence-electron chi connectivity index (χ3n) is 2.99. The number of carbonyl (C=O) groups excluding carboxylic acids is 2. The van der Waals surface area contributed by atoms with Crippen molar-refractivity contribution in [3.05, 3.63) is 35.4 Å². The molecular formula is C17H23NO5. The van der Waals surface area contributed by atoms with Crippen molar-refractivity contribution < 1.29 is 24.2 Å². The molecule has 0 saturated heterocycles. The highest BCUT2D eigenvalue weighted by atomic mass is 16.6. The van der Waals surface area contributed by atoms with E-state index < -0.39 is 23.7 Å². The van der Waals surface area contributed by atoms with Crippen molar-refractivity contribution in [1.29, 1.82) is 0 Å². The molecular weight excluding hydrogens is 298 g/mol. The molecule has 0 aliphatic rings. The zero-order valence-corrected chi connectivity index (χ0v) is 13.9. The fraction of sp³-hybridized carbons (Fsp3) is 0.471. The van der Waals surface area contributed by atoms with Crippen LogP contribution in [-0.4, -0.2) is 34.6 Å². The van der Waals surface area contributed by atoms with Crippen LogP contribution in [-0.2, 0) is 9.53 Å². The number of aryl methyl sites for hydroxylation is 1. The van der Waals surface area contributed by atoms with Crippen LogP contribution in [0.3, 0.4) is 0 Å². The highest BCUT2D eigenvalue weighted by Gasteiger charge is 2.24. The van der Waals surface area contributed by atoms with E-state index in [4.69, 9.17) is 9.84 Å². The Balaban J connectivity index is 2.61. The molecule has 1 aromatic rings. The van der Waals surface area contributed by atoms with Crippen molar-refractivity contribution in [3.63, 3.8) is 0 Å². The van der Waals surface area contributed by atoms with Gasteiger partial charge in [0.1, 0.15) is 11.6 Å². The number of amides is 1. The lowest BCUT2D eigenvalue weighted by Crippen LogP contribution is -2.43. The average molecular weight is 321 g/mol. The summed E-state index contributed by atoms with van der Waals surface area (Å²) in [6, 6.07) is 5.92. The van der Waals surface area contributed by atoms with Crippen molar-refractivity contribution in [2.45, 2.75) is 52.2 Å². The minimum atomic E-state index is -1.20. The SMILES string of the molecule is Cc1cccc(C(=O)CCC(NC(=O)OC(C)(C)C)C(=O)O)c1. The third-order valence-corrected chi connectivity index (χ3v) is 2.99. The van der Waals surface area contributed by atoms with Crippen LogP contribution in [0.5, 0.6) is 0 Å². The quantitative estimate of drug-likeness (QED) is 0.786. The van der Waals surface area contributed by atoms with E-state index >= 15 is 0 Å². The molecule has 6 nitrogen and oxygen atoms in total. The van der Waals surface area contributed by atoms with E-state index in [2.05, 4.69) is 5.32 Å². The summed E-state index contributed by atoms with van der Waals surface area (Å²) in [4.78, 5) is 35.0. The number of hydrogen-bond acceptors (Lipinski definition) is 4. The number of carboxylic acid groups (broad SMARTS) is 1. The van der Waals surface area contributed by atoms with Crippen LogP contribution in [0.1, 0.15) is 49.5 Å². The topological polar surface area (TPSA) is 92.7 Å². The standard InChI is InChI=1S/C17H23NO5/c1-11-6-5-7-12(10-11)14(19)9-8-13(15(20)21)18-16(22)23-17(2,3)4/h5-7,10,13H,8-9H2,1-4H3,(H,18,22)(H,20,21). The molecule has 0 aliphatic carbocycles. The number of ketones is 1. The number of ether oxygens (including phenoxy) is 1. The summed E-state index contributed by atoms with van der Waals surface area (Å²) >= 11 is 0. The lowest BCUT2D eigenvalue weighted by Gasteiger charge is -2.21. The third kappa shape index (κ3) is 6.95. The molecule has 23 heavy (non-hydrogen) atoms. The van der Waals surface area contributed by atoms with Gasteiger partial charge in [0.05, 0.1) is 0 Å². The summed E-state index contributed by atoms with van der Waals surface area (Å²) in [7, 11) is 0. The van der Waals surface area contributed by atoms with E-state index in [1.54, 1.807) is 39.0 Å². The van der Waals surface area contributed by atoms with Crippen LogP contribution in [0.2, 0.25) is 0 Å². The molecule has 126 valence electrons. The smallest absolute Gasteiger partial charge is 0.408 e. The second-order valence-electron chi connectivity index (χ2n) is 6.37.